The van der Waals surface area contributed by atoms with Crippen molar-refractivity contribution in [3.63, 3.8) is 0 Å². The van der Waals surface area contributed by atoms with Crippen LogP contribution in [0.3, 0.4) is 0 Å². The average molecular weight is 359 g/mol. The fraction of sp³-hybridized carbons (Fsp3) is 0.278. The standard InChI is InChI=1S/C18H18FN3O2S/c1-21(2)25(23,24)16-5-6-18-14(10-16)7-8-22(18)12-15-4-3-13(11-20)9-17(15)19/h3-6,9-10H,7-8,12H2,1-2H3. The Bertz CT molecular complexity index is 965. The molecule has 1 heterocycles. The molecule has 25 heavy (non-hydrogen) atoms. The van der Waals surface area contributed by atoms with Gasteiger partial charge in [-0.2, -0.15) is 5.26 Å². The van der Waals surface area contributed by atoms with Crippen LogP contribution in [0.1, 0.15) is 16.7 Å². The van der Waals surface area contributed by atoms with E-state index in [4.69, 9.17) is 5.26 Å². The molecule has 0 unspecified atom stereocenters. The third kappa shape index (κ3) is 3.23. The first-order chi connectivity index (χ1) is 11.8. The number of nitriles is 1. The minimum absolute atomic E-state index is 0.266. The molecule has 0 aliphatic carbocycles. The third-order valence-corrected chi connectivity index (χ3v) is 6.18. The Morgan fingerprint density at radius 3 is 2.64 bits per heavy atom. The zero-order chi connectivity index (χ0) is 18.2. The van der Waals surface area contributed by atoms with Gasteiger partial charge in [0.25, 0.3) is 0 Å². The molecular weight excluding hydrogens is 341 g/mol. The number of benzene rings is 2. The highest BCUT2D eigenvalue weighted by Crippen LogP contribution is 2.32. The van der Waals surface area contributed by atoms with Gasteiger partial charge in [0.1, 0.15) is 5.82 Å². The minimum atomic E-state index is -3.47. The summed E-state index contributed by atoms with van der Waals surface area (Å²) < 4.78 is 39.8. The summed E-state index contributed by atoms with van der Waals surface area (Å²) in [4.78, 5) is 2.29. The topological polar surface area (TPSA) is 64.4 Å². The Hall–Kier alpha value is -2.43. The molecule has 3 rings (SSSR count). The van der Waals surface area contributed by atoms with Crippen molar-refractivity contribution in [1.29, 1.82) is 5.26 Å². The van der Waals surface area contributed by atoms with E-state index >= 15 is 0 Å². The molecular formula is C18H18FN3O2S. The number of nitrogens with zero attached hydrogens (tertiary/aromatic N) is 3. The van der Waals surface area contributed by atoms with E-state index in [0.29, 0.717) is 30.6 Å². The van der Waals surface area contributed by atoms with Crippen molar-refractivity contribution >= 4 is 15.7 Å². The molecule has 0 fully saturated rings. The summed E-state index contributed by atoms with van der Waals surface area (Å²) in [7, 11) is -0.460. The van der Waals surface area contributed by atoms with Crippen LogP contribution >= 0.6 is 0 Å². The van der Waals surface area contributed by atoms with Crippen LogP contribution < -0.4 is 4.90 Å². The SMILES string of the molecule is CN(C)S(=O)(=O)c1ccc2c(c1)CCN2Cc1ccc(C#N)cc1F. The van der Waals surface area contributed by atoms with E-state index in [9.17, 15) is 12.8 Å². The zero-order valence-corrected chi connectivity index (χ0v) is 14.8. The second-order valence-electron chi connectivity index (χ2n) is 6.17. The third-order valence-electron chi connectivity index (χ3n) is 4.36. The highest BCUT2D eigenvalue weighted by Gasteiger charge is 2.24. The maximum atomic E-state index is 14.1. The maximum absolute atomic E-state index is 14.1. The molecule has 0 bridgehead atoms. The molecule has 0 amide bonds. The van der Waals surface area contributed by atoms with Crippen molar-refractivity contribution in [2.75, 3.05) is 25.5 Å². The van der Waals surface area contributed by atoms with Gasteiger partial charge in [0.05, 0.1) is 16.5 Å². The monoisotopic (exact) mass is 359 g/mol. The Labute approximate surface area is 147 Å². The van der Waals surface area contributed by atoms with E-state index in [1.807, 2.05) is 11.0 Å². The lowest BCUT2D eigenvalue weighted by Crippen LogP contribution is -2.22. The van der Waals surface area contributed by atoms with Gasteiger partial charge in [-0.1, -0.05) is 6.07 Å². The number of sulfonamides is 1. The number of hydrogen-bond acceptors (Lipinski definition) is 4. The lowest BCUT2D eigenvalue weighted by molar-refractivity contribution is 0.520. The predicted octanol–water partition coefficient (Wildman–Crippen LogP) is 2.51. The van der Waals surface area contributed by atoms with E-state index in [-0.39, 0.29) is 4.90 Å². The number of fused-ring (bicyclic) bond motifs is 1. The van der Waals surface area contributed by atoms with E-state index < -0.39 is 15.8 Å². The lowest BCUT2D eigenvalue weighted by atomic mass is 10.1. The molecule has 1 aliphatic heterocycles. The largest absolute Gasteiger partial charge is 0.367 e. The normalized spacial score (nSPS) is 13.8. The molecule has 130 valence electrons. The highest BCUT2D eigenvalue weighted by molar-refractivity contribution is 7.89. The summed E-state index contributed by atoms with van der Waals surface area (Å²) in [5.41, 5.74) is 2.66. The van der Waals surface area contributed by atoms with Gasteiger partial charge in [0, 0.05) is 38.4 Å². The minimum Gasteiger partial charge on any atom is -0.367 e. The fourth-order valence-corrected chi connectivity index (χ4v) is 3.89. The van der Waals surface area contributed by atoms with Gasteiger partial charge in [-0.3, -0.25) is 0 Å². The number of rotatable bonds is 4. The van der Waals surface area contributed by atoms with Crippen molar-refractivity contribution in [2.45, 2.75) is 17.9 Å². The zero-order valence-electron chi connectivity index (χ0n) is 14.0. The van der Waals surface area contributed by atoms with Crippen molar-refractivity contribution in [3.05, 3.63) is 58.9 Å². The molecule has 2 aromatic rings. The van der Waals surface area contributed by atoms with Crippen LogP contribution in [0, 0.1) is 17.1 Å². The molecule has 0 spiro atoms. The van der Waals surface area contributed by atoms with Crippen LogP contribution in [0.5, 0.6) is 0 Å². The molecule has 2 aromatic carbocycles. The number of hydrogen-bond donors (Lipinski definition) is 0. The number of anilines is 1. The van der Waals surface area contributed by atoms with E-state index in [0.717, 1.165) is 11.3 Å². The molecule has 0 radical (unpaired) electrons. The molecule has 0 aromatic heterocycles. The first-order valence-electron chi connectivity index (χ1n) is 7.82. The van der Waals surface area contributed by atoms with Gasteiger partial charge in [-0.25, -0.2) is 17.1 Å². The molecule has 7 heteroatoms. The summed E-state index contributed by atoms with van der Waals surface area (Å²) in [6.45, 7) is 1.07. The second kappa shape index (κ2) is 6.47. The van der Waals surface area contributed by atoms with Gasteiger partial charge in [-0.05, 0) is 42.3 Å². The fourth-order valence-electron chi connectivity index (χ4n) is 2.93. The summed E-state index contributed by atoms with van der Waals surface area (Å²) in [5, 5.41) is 8.82. The van der Waals surface area contributed by atoms with Crippen molar-refractivity contribution in [2.24, 2.45) is 0 Å². The van der Waals surface area contributed by atoms with Crippen LogP contribution in [0.2, 0.25) is 0 Å². The van der Waals surface area contributed by atoms with E-state index in [2.05, 4.69) is 0 Å². The molecule has 0 atom stereocenters. The second-order valence-corrected chi connectivity index (χ2v) is 8.32. The number of halogens is 1. The summed E-state index contributed by atoms with van der Waals surface area (Å²) in [6, 6.07) is 11.4. The summed E-state index contributed by atoms with van der Waals surface area (Å²) in [6.07, 6.45) is 0.712. The summed E-state index contributed by atoms with van der Waals surface area (Å²) >= 11 is 0. The Balaban J connectivity index is 1.87. The van der Waals surface area contributed by atoms with Crippen LogP contribution in [-0.2, 0) is 23.0 Å². The molecule has 1 aliphatic rings. The maximum Gasteiger partial charge on any atom is 0.242 e. The quantitative estimate of drug-likeness (QED) is 0.841. The van der Waals surface area contributed by atoms with Crippen LogP contribution in [-0.4, -0.2) is 33.4 Å². The van der Waals surface area contributed by atoms with E-state index in [1.165, 1.54) is 24.5 Å². The van der Waals surface area contributed by atoms with Gasteiger partial charge in [0.2, 0.25) is 10.0 Å². The van der Waals surface area contributed by atoms with Crippen LogP contribution in [0.4, 0.5) is 10.1 Å². The molecule has 0 N–H and O–H groups in total. The van der Waals surface area contributed by atoms with Gasteiger partial charge in [0.15, 0.2) is 0 Å². The Kier molecular flexibility index (Phi) is 4.50. The van der Waals surface area contributed by atoms with Crippen LogP contribution in [0.25, 0.3) is 0 Å². The predicted molar refractivity (Wildman–Crippen MR) is 93.2 cm³/mol. The Morgan fingerprint density at radius 1 is 1.24 bits per heavy atom. The average Bonchev–Trinajstić information content (AvgIpc) is 2.98. The van der Waals surface area contributed by atoms with Crippen molar-refractivity contribution < 1.29 is 12.8 Å². The summed E-state index contributed by atoms with van der Waals surface area (Å²) in [5.74, 6) is -0.403. The molecule has 5 nitrogen and oxygen atoms in total. The van der Waals surface area contributed by atoms with Gasteiger partial charge < -0.3 is 4.90 Å². The van der Waals surface area contributed by atoms with Crippen LogP contribution in [0.15, 0.2) is 41.3 Å². The van der Waals surface area contributed by atoms with Crippen molar-refractivity contribution in [3.8, 4) is 6.07 Å². The first-order valence-corrected chi connectivity index (χ1v) is 9.26. The van der Waals surface area contributed by atoms with E-state index in [1.54, 1.807) is 30.3 Å². The molecule has 0 saturated carbocycles. The Morgan fingerprint density at radius 2 is 2.00 bits per heavy atom. The van der Waals surface area contributed by atoms with Gasteiger partial charge >= 0.3 is 0 Å². The smallest absolute Gasteiger partial charge is 0.242 e. The highest BCUT2D eigenvalue weighted by atomic mass is 32.2. The first kappa shape index (κ1) is 17.4. The van der Waals surface area contributed by atoms with Crippen molar-refractivity contribution in [1.82, 2.24) is 4.31 Å². The lowest BCUT2D eigenvalue weighted by Gasteiger charge is -2.20. The van der Waals surface area contributed by atoms with Gasteiger partial charge in [-0.15, -0.1) is 0 Å². The molecule has 0 saturated heterocycles.